The van der Waals surface area contributed by atoms with Crippen LogP contribution in [0.5, 0.6) is 0 Å². The van der Waals surface area contributed by atoms with Crippen molar-refractivity contribution in [2.45, 2.75) is 26.4 Å². The van der Waals surface area contributed by atoms with Crippen molar-refractivity contribution in [3.63, 3.8) is 0 Å². The average molecular weight is 302 g/mol. The van der Waals surface area contributed by atoms with E-state index in [-0.39, 0.29) is 12.5 Å². The minimum atomic E-state index is -0.0665. The van der Waals surface area contributed by atoms with Crippen LogP contribution in [0.1, 0.15) is 33.6 Å². The number of rotatable bonds is 5. The molecule has 0 saturated carbocycles. The molecule has 0 fully saturated rings. The molecule has 5 heteroatoms. The minimum absolute atomic E-state index is 0.0665. The van der Waals surface area contributed by atoms with Crippen molar-refractivity contribution in [1.29, 1.82) is 0 Å². The van der Waals surface area contributed by atoms with E-state index in [0.717, 1.165) is 16.3 Å². The fourth-order valence-corrected chi connectivity index (χ4v) is 2.72. The van der Waals surface area contributed by atoms with Gasteiger partial charge in [-0.25, -0.2) is 0 Å². The summed E-state index contributed by atoms with van der Waals surface area (Å²) in [5.74, 6) is 5.81. The summed E-state index contributed by atoms with van der Waals surface area (Å²) in [5.41, 5.74) is 0.678. The van der Waals surface area contributed by atoms with Gasteiger partial charge in [0.25, 0.3) is 5.91 Å². The molecular formula is C16H18N2O2S. The number of hydrogen-bond donors (Lipinski definition) is 2. The molecule has 2 rings (SSSR count). The Kier molecular flexibility index (Phi) is 5.61. The minimum Gasteiger partial charge on any atom is -0.395 e. The van der Waals surface area contributed by atoms with Crippen molar-refractivity contribution in [2.24, 2.45) is 0 Å². The zero-order valence-corrected chi connectivity index (χ0v) is 12.7. The molecule has 0 aliphatic carbocycles. The van der Waals surface area contributed by atoms with Crippen LogP contribution < -0.4 is 5.32 Å². The van der Waals surface area contributed by atoms with Crippen molar-refractivity contribution < 1.29 is 9.90 Å². The Labute approximate surface area is 128 Å². The highest BCUT2D eigenvalue weighted by Crippen LogP contribution is 2.15. The van der Waals surface area contributed by atoms with Crippen LogP contribution in [0.4, 0.5) is 0 Å². The van der Waals surface area contributed by atoms with Crippen molar-refractivity contribution in [3.05, 3.63) is 45.9 Å². The van der Waals surface area contributed by atoms with E-state index in [1.54, 1.807) is 11.3 Å². The highest BCUT2D eigenvalue weighted by atomic mass is 32.1. The number of nitrogens with one attached hydrogen (secondary N) is 1. The van der Waals surface area contributed by atoms with Gasteiger partial charge in [0.1, 0.15) is 5.69 Å². The van der Waals surface area contributed by atoms with Gasteiger partial charge in [0.15, 0.2) is 0 Å². The number of hydrogen-bond acceptors (Lipinski definition) is 3. The van der Waals surface area contributed by atoms with Crippen LogP contribution >= 0.6 is 11.3 Å². The van der Waals surface area contributed by atoms with Crippen LogP contribution in [-0.2, 0) is 13.1 Å². The fraction of sp³-hybridized carbons (Fsp3) is 0.312. The predicted octanol–water partition coefficient (Wildman–Crippen LogP) is 2.23. The van der Waals surface area contributed by atoms with Gasteiger partial charge in [-0.2, -0.15) is 0 Å². The maximum absolute atomic E-state index is 12.1. The predicted molar refractivity (Wildman–Crippen MR) is 84.2 cm³/mol. The first-order chi connectivity index (χ1) is 10.2. The van der Waals surface area contributed by atoms with Crippen LogP contribution in [0.2, 0.25) is 0 Å². The number of nitrogens with zero attached hydrogens (tertiary/aromatic N) is 1. The molecule has 0 atom stereocenters. The molecule has 2 aromatic rings. The number of carbonyl (C=O) groups excluding carboxylic acids is 1. The summed E-state index contributed by atoms with van der Waals surface area (Å²) in [6.07, 6.45) is 2.38. The topological polar surface area (TPSA) is 54.3 Å². The number of thiophene rings is 1. The Bertz CT molecular complexity index is 661. The van der Waals surface area contributed by atoms with Gasteiger partial charge >= 0.3 is 0 Å². The number of aromatic nitrogens is 1. The zero-order valence-electron chi connectivity index (χ0n) is 11.9. The summed E-state index contributed by atoms with van der Waals surface area (Å²) in [4.78, 5) is 14.1. The average Bonchev–Trinajstić information content (AvgIpc) is 3.14. The van der Waals surface area contributed by atoms with Gasteiger partial charge in [0, 0.05) is 24.0 Å². The van der Waals surface area contributed by atoms with Crippen LogP contribution in [-0.4, -0.2) is 22.2 Å². The summed E-state index contributed by atoms with van der Waals surface area (Å²) in [5, 5.41) is 11.6. The number of amides is 1. The third-order valence-electron chi connectivity index (χ3n) is 2.94. The van der Waals surface area contributed by atoms with E-state index < -0.39 is 0 Å². The molecule has 0 radical (unpaired) electrons. The molecule has 0 unspecified atom stereocenters. The molecule has 0 spiro atoms. The molecule has 2 N–H and O–H groups in total. The molecule has 0 bridgehead atoms. The van der Waals surface area contributed by atoms with E-state index in [4.69, 9.17) is 5.11 Å². The summed E-state index contributed by atoms with van der Waals surface area (Å²) >= 11 is 1.56. The summed E-state index contributed by atoms with van der Waals surface area (Å²) in [7, 11) is 0. The second kappa shape index (κ2) is 7.67. The molecule has 21 heavy (non-hydrogen) atoms. The van der Waals surface area contributed by atoms with E-state index in [9.17, 15) is 4.79 Å². The molecule has 1 amide bonds. The van der Waals surface area contributed by atoms with Crippen LogP contribution in [0, 0.1) is 11.8 Å². The third-order valence-corrected chi connectivity index (χ3v) is 3.94. The first-order valence-corrected chi connectivity index (χ1v) is 7.68. The standard InChI is InChI=1S/C16H18N2O2S/c1-2-18-10-5-7-15(18)16(20)17-12-14-9-8-13(21-14)6-3-4-11-19/h5,7-10,19H,2,4,11-12H2,1H3,(H,17,20). The van der Waals surface area contributed by atoms with Crippen molar-refractivity contribution in [2.75, 3.05) is 6.61 Å². The SMILES string of the molecule is CCn1cccc1C(=O)NCc1ccc(C#CCCO)s1. The smallest absolute Gasteiger partial charge is 0.268 e. The maximum atomic E-state index is 12.1. The molecule has 110 valence electrons. The Morgan fingerprint density at radius 1 is 1.43 bits per heavy atom. The number of aryl methyl sites for hydroxylation is 1. The van der Waals surface area contributed by atoms with Crippen LogP contribution in [0.3, 0.4) is 0 Å². The van der Waals surface area contributed by atoms with Gasteiger partial charge in [0.2, 0.25) is 0 Å². The first kappa shape index (κ1) is 15.4. The van der Waals surface area contributed by atoms with E-state index in [0.29, 0.717) is 18.7 Å². The Balaban J connectivity index is 1.92. The van der Waals surface area contributed by atoms with Crippen LogP contribution in [0.15, 0.2) is 30.5 Å². The monoisotopic (exact) mass is 302 g/mol. The van der Waals surface area contributed by atoms with E-state index >= 15 is 0 Å². The lowest BCUT2D eigenvalue weighted by Crippen LogP contribution is -2.24. The molecule has 2 heterocycles. The largest absolute Gasteiger partial charge is 0.395 e. The quantitative estimate of drug-likeness (QED) is 0.832. The highest BCUT2D eigenvalue weighted by molar-refractivity contribution is 7.12. The van der Waals surface area contributed by atoms with Gasteiger partial charge in [0.05, 0.1) is 18.0 Å². The van der Waals surface area contributed by atoms with Crippen molar-refractivity contribution >= 4 is 17.2 Å². The fourth-order valence-electron chi connectivity index (χ4n) is 1.90. The van der Waals surface area contributed by atoms with Gasteiger partial charge in [-0.3, -0.25) is 4.79 Å². The maximum Gasteiger partial charge on any atom is 0.268 e. The Morgan fingerprint density at radius 3 is 3.05 bits per heavy atom. The molecular weight excluding hydrogens is 284 g/mol. The second-order valence-electron chi connectivity index (χ2n) is 4.40. The summed E-state index contributed by atoms with van der Waals surface area (Å²) in [6.45, 7) is 3.37. The number of aliphatic hydroxyl groups is 1. The van der Waals surface area contributed by atoms with Crippen molar-refractivity contribution in [3.8, 4) is 11.8 Å². The van der Waals surface area contributed by atoms with Gasteiger partial charge in [-0.15, -0.1) is 11.3 Å². The molecule has 0 aromatic carbocycles. The summed E-state index contributed by atoms with van der Waals surface area (Å²) < 4.78 is 1.91. The van der Waals surface area contributed by atoms with Gasteiger partial charge in [-0.1, -0.05) is 11.8 Å². The molecule has 0 aliphatic rings. The van der Waals surface area contributed by atoms with Crippen LogP contribution in [0.25, 0.3) is 0 Å². The third kappa shape index (κ3) is 4.22. The Hall–Kier alpha value is -2.03. The van der Waals surface area contributed by atoms with E-state index in [2.05, 4.69) is 17.2 Å². The molecule has 0 saturated heterocycles. The lowest BCUT2D eigenvalue weighted by atomic mass is 10.3. The number of aliphatic hydroxyl groups excluding tert-OH is 1. The second-order valence-corrected chi connectivity index (χ2v) is 5.57. The van der Waals surface area contributed by atoms with E-state index in [1.807, 2.05) is 42.0 Å². The van der Waals surface area contributed by atoms with Gasteiger partial charge < -0.3 is 15.0 Å². The molecule has 4 nitrogen and oxygen atoms in total. The van der Waals surface area contributed by atoms with E-state index in [1.165, 1.54) is 0 Å². The molecule has 0 aliphatic heterocycles. The molecule has 2 aromatic heterocycles. The lowest BCUT2D eigenvalue weighted by molar-refractivity contribution is 0.0942. The Morgan fingerprint density at radius 2 is 2.29 bits per heavy atom. The zero-order chi connectivity index (χ0) is 15.1. The van der Waals surface area contributed by atoms with Gasteiger partial charge in [-0.05, 0) is 31.2 Å². The number of carbonyl (C=O) groups is 1. The van der Waals surface area contributed by atoms with Crippen molar-refractivity contribution in [1.82, 2.24) is 9.88 Å². The highest BCUT2D eigenvalue weighted by Gasteiger charge is 2.09. The lowest BCUT2D eigenvalue weighted by Gasteiger charge is -2.06. The normalized spacial score (nSPS) is 10.0. The first-order valence-electron chi connectivity index (χ1n) is 6.86. The summed E-state index contributed by atoms with van der Waals surface area (Å²) in [6, 6.07) is 7.59.